The maximum absolute atomic E-state index is 11.0. The highest BCUT2D eigenvalue weighted by molar-refractivity contribution is 5.75. The van der Waals surface area contributed by atoms with E-state index < -0.39 is 0 Å². The third-order valence-corrected chi connectivity index (χ3v) is 4.96. The molecule has 0 bridgehead atoms. The van der Waals surface area contributed by atoms with Crippen LogP contribution in [0.1, 0.15) is 56.9 Å². The van der Waals surface area contributed by atoms with Crippen molar-refractivity contribution in [1.82, 2.24) is 10.3 Å². The van der Waals surface area contributed by atoms with E-state index in [0.29, 0.717) is 17.7 Å². The molecule has 1 atom stereocenters. The predicted molar refractivity (Wildman–Crippen MR) is 86.1 cm³/mol. The van der Waals surface area contributed by atoms with Crippen molar-refractivity contribution in [2.24, 2.45) is 5.92 Å². The molecular weight excluding hydrogens is 276 g/mol. The lowest BCUT2D eigenvalue weighted by molar-refractivity contribution is -0.117. The highest BCUT2D eigenvalue weighted by Gasteiger charge is 2.30. The van der Waals surface area contributed by atoms with E-state index in [9.17, 15) is 4.79 Å². The molecule has 0 spiro atoms. The smallest absolute Gasteiger partial charge is 0.137 e. The average molecular weight is 302 g/mol. The van der Waals surface area contributed by atoms with Gasteiger partial charge in [-0.1, -0.05) is 0 Å². The average Bonchev–Trinajstić information content (AvgIpc) is 2.39. The Kier molecular flexibility index (Phi) is 5.08. The Morgan fingerprint density at radius 1 is 1.41 bits per heavy atom. The zero-order valence-corrected chi connectivity index (χ0v) is 13.4. The number of Topliss-reactive ketones (excluding diaryl/α,β-unsaturated/α-hetero) is 1. The molecule has 4 heteroatoms. The lowest BCUT2D eigenvalue weighted by atomic mass is 9.70. The van der Waals surface area contributed by atoms with Crippen molar-refractivity contribution in [1.29, 1.82) is 0 Å². The SMILES string of the molecule is CC(=O)CCCC1CC(c2cncc(OC[C@@H]3CCN3)c2)C1. The first kappa shape index (κ1) is 15.5. The van der Waals surface area contributed by atoms with Gasteiger partial charge in [0.2, 0.25) is 0 Å². The largest absolute Gasteiger partial charge is 0.490 e. The van der Waals surface area contributed by atoms with E-state index >= 15 is 0 Å². The molecule has 0 amide bonds. The first-order valence-electron chi connectivity index (χ1n) is 8.51. The molecule has 4 nitrogen and oxygen atoms in total. The summed E-state index contributed by atoms with van der Waals surface area (Å²) in [5.41, 5.74) is 1.31. The van der Waals surface area contributed by atoms with Gasteiger partial charge in [0.15, 0.2) is 0 Å². The van der Waals surface area contributed by atoms with Crippen molar-refractivity contribution in [3.05, 3.63) is 24.0 Å². The predicted octanol–water partition coefficient (Wildman–Crippen LogP) is 3.08. The van der Waals surface area contributed by atoms with E-state index in [1.54, 1.807) is 6.92 Å². The van der Waals surface area contributed by atoms with Gasteiger partial charge in [0, 0.05) is 18.7 Å². The number of carbonyl (C=O) groups is 1. The summed E-state index contributed by atoms with van der Waals surface area (Å²) in [6, 6.07) is 2.67. The normalized spacial score (nSPS) is 26.9. The van der Waals surface area contributed by atoms with Gasteiger partial charge in [-0.05, 0) is 69.0 Å². The second-order valence-corrected chi connectivity index (χ2v) is 6.83. The number of ether oxygens (including phenoxy) is 1. The van der Waals surface area contributed by atoms with Gasteiger partial charge in [0.25, 0.3) is 0 Å². The van der Waals surface area contributed by atoms with Crippen LogP contribution >= 0.6 is 0 Å². The molecule has 2 heterocycles. The maximum atomic E-state index is 11.0. The second-order valence-electron chi connectivity index (χ2n) is 6.83. The quantitative estimate of drug-likeness (QED) is 0.802. The fraction of sp³-hybridized carbons (Fsp3) is 0.667. The van der Waals surface area contributed by atoms with Crippen molar-refractivity contribution in [3.8, 4) is 5.75 Å². The molecule has 2 aliphatic rings. The Hall–Kier alpha value is -1.42. The van der Waals surface area contributed by atoms with Crippen LogP contribution in [-0.2, 0) is 4.79 Å². The van der Waals surface area contributed by atoms with Gasteiger partial charge in [-0.2, -0.15) is 0 Å². The third kappa shape index (κ3) is 4.07. The fourth-order valence-corrected chi connectivity index (χ4v) is 3.31. The summed E-state index contributed by atoms with van der Waals surface area (Å²) in [6.45, 7) is 3.53. The maximum Gasteiger partial charge on any atom is 0.137 e. The zero-order valence-electron chi connectivity index (χ0n) is 13.4. The molecule has 1 saturated carbocycles. The fourth-order valence-electron chi connectivity index (χ4n) is 3.31. The first-order valence-corrected chi connectivity index (χ1v) is 8.51. The van der Waals surface area contributed by atoms with E-state index in [4.69, 9.17) is 4.74 Å². The highest BCUT2D eigenvalue weighted by Crippen LogP contribution is 2.44. The number of ketones is 1. The topological polar surface area (TPSA) is 51.2 Å². The molecular formula is C18H26N2O2. The van der Waals surface area contributed by atoms with E-state index in [1.807, 2.05) is 12.4 Å². The summed E-state index contributed by atoms with van der Waals surface area (Å²) in [6.07, 6.45) is 10.4. The molecule has 120 valence electrons. The molecule has 1 aromatic heterocycles. The molecule has 22 heavy (non-hydrogen) atoms. The van der Waals surface area contributed by atoms with Crippen LogP contribution in [0.3, 0.4) is 0 Å². The van der Waals surface area contributed by atoms with Gasteiger partial charge in [0.05, 0.1) is 6.20 Å². The van der Waals surface area contributed by atoms with Gasteiger partial charge < -0.3 is 14.8 Å². The van der Waals surface area contributed by atoms with Crippen LogP contribution in [0, 0.1) is 5.92 Å². The van der Waals surface area contributed by atoms with Crippen molar-refractivity contribution in [3.63, 3.8) is 0 Å². The molecule has 1 aromatic rings. The number of nitrogens with zero attached hydrogens (tertiary/aromatic N) is 1. The minimum atomic E-state index is 0.311. The number of hydrogen-bond acceptors (Lipinski definition) is 4. The van der Waals surface area contributed by atoms with E-state index in [2.05, 4.69) is 16.4 Å². The summed E-state index contributed by atoms with van der Waals surface area (Å²) in [7, 11) is 0. The van der Waals surface area contributed by atoms with E-state index in [0.717, 1.165) is 37.7 Å². The van der Waals surface area contributed by atoms with Crippen LogP contribution in [0.2, 0.25) is 0 Å². The lowest BCUT2D eigenvalue weighted by Gasteiger charge is -2.35. The molecule has 0 aromatic carbocycles. The number of hydrogen-bond donors (Lipinski definition) is 1. The van der Waals surface area contributed by atoms with Crippen molar-refractivity contribution in [2.45, 2.75) is 57.4 Å². The standard InChI is InChI=1S/C18H26N2O2/c1-13(21)3-2-4-14-7-15(8-14)16-9-18(11-19-10-16)22-12-17-5-6-20-17/h9-11,14-15,17,20H,2-8,12H2,1H3/t14?,15?,17-/m0/s1. The Morgan fingerprint density at radius 2 is 2.23 bits per heavy atom. The van der Waals surface area contributed by atoms with Crippen LogP contribution in [0.5, 0.6) is 5.75 Å². The van der Waals surface area contributed by atoms with Gasteiger partial charge in [0.1, 0.15) is 18.1 Å². The number of rotatable bonds is 8. The number of carbonyl (C=O) groups excluding carboxylic acids is 1. The van der Waals surface area contributed by atoms with E-state index in [1.165, 1.54) is 31.2 Å². The highest BCUT2D eigenvalue weighted by atomic mass is 16.5. The number of pyridine rings is 1. The molecule has 1 N–H and O–H groups in total. The lowest BCUT2D eigenvalue weighted by Crippen LogP contribution is -2.46. The van der Waals surface area contributed by atoms with Gasteiger partial charge in [-0.25, -0.2) is 0 Å². The molecule has 2 fully saturated rings. The summed E-state index contributed by atoms with van der Waals surface area (Å²) in [5.74, 6) is 2.62. The minimum absolute atomic E-state index is 0.311. The monoisotopic (exact) mass is 302 g/mol. The van der Waals surface area contributed by atoms with Crippen LogP contribution < -0.4 is 10.1 Å². The molecule has 0 unspecified atom stereocenters. The summed E-state index contributed by atoms with van der Waals surface area (Å²) in [5, 5.41) is 3.34. The Morgan fingerprint density at radius 3 is 2.91 bits per heavy atom. The zero-order chi connectivity index (χ0) is 15.4. The van der Waals surface area contributed by atoms with Crippen LogP contribution in [0.15, 0.2) is 18.5 Å². The molecule has 1 saturated heterocycles. The van der Waals surface area contributed by atoms with Crippen molar-refractivity contribution in [2.75, 3.05) is 13.2 Å². The second kappa shape index (κ2) is 7.23. The Labute approximate surface area is 132 Å². The molecule has 1 aliphatic carbocycles. The third-order valence-electron chi connectivity index (χ3n) is 4.96. The molecule has 1 aliphatic heterocycles. The van der Waals surface area contributed by atoms with Crippen LogP contribution in [0.4, 0.5) is 0 Å². The Balaban J connectivity index is 1.42. The Bertz CT molecular complexity index is 508. The summed E-state index contributed by atoms with van der Waals surface area (Å²) in [4.78, 5) is 15.3. The molecule has 3 rings (SSSR count). The van der Waals surface area contributed by atoms with Crippen molar-refractivity contribution < 1.29 is 9.53 Å². The number of aromatic nitrogens is 1. The minimum Gasteiger partial charge on any atom is -0.490 e. The van der Waals surface area contributed by atoms with Crippen LogP contribution in [0.25, 0.3) is 0 Å². The van der Waals surface area contributed by atoms with Crippen LogP contribution in [-0.4, -0.2) is 30.0 Å². The van der Waals surface area contributed by atoms with Gasteiger partial charge >= 0.3 is 0 Å². The summed E-state index contributed by atoms with van der Waals surface area (Å²) >= 11 is 0. The van der Waals surface area contributed by atoms with E-state index in [-0.39, 0.29) is 0 Å². The van der Waals surface area contributed by atoms with Crippen molar-refractivity contribution >= 4 is 5.78 Å². The summed E-state index contributed by atoms with van der Waals surface area (Å²) < 4.78 is 5.82. The van der Waals surface area contributed by atoms with Gasteiger partial charge in [-0.15, -0.1) is 0 Å². The number of nitrogens with one attached hydrogen (secondary N) is 1. The molecule has 0 radical (unpaired) electrons. The first-order chi connectivity index (χ1) is 10.7. The van der Waals surface area contributed by atoms with Gasteiger partial charge in [-0.3, -0.25) is 4.98 Å².